The van der Waals surface area contributed by atoms with E-state index in [1.54, 1.807) is 0 Å². The Kier molecular flexibility index (Phi) is 7.12. The number of nitrogens with one attached hydrogen (secondary N) is 2. The molecule has 0 unspecified atom stereocenters. The molecule has 3 amide bonds. The molecule has 26 heavy (non-hydrogen) atoms. The van der Waals surface area contributed by atoms with E-state index in [4.69, 9.17) is 5.73 Å². The van der Waals surface area contributed by atoms with Gasteiger partial charge in [-0.1, -0.05) is 6.92 Å². The molecule has 1 aliphatic rings. The molecule has 0 radical (unpaired) electrons. The summed E-state index contributed by atoms with van der Waals surface area (Å²) in [6.07, 6.45) is 4.03. The van der Waals surface area contributed by atoms with Crippen LogP contribution < -0.4 is 16.4 Å². The van der Waals surface area contributed by atoms with Crippen molar-refractivity contribution in [3.8, 4) is 0 Å². The molecular weight excluding hydrogens is 337 g/mol. The Morgan fingerprint density at radius 2 is 1.77 bits per heavy atom. The lowest BCUT2D eigenvalue weighted by atomic mass is 9.87. The third kappa shape index (κ3) is 6.13. The molecule has 1 atom stereocenters. The van der Waals surface area contributed by atoms with Crippen LogP contribution in [-0.2, 0) is 9.59 Å². The molecule has 1 aliphatic carbocycles. The van der Waals surface area contributed by atoms with Crippen molar-refractivity contribution in [1.82, 2.24) is 10.6 Å². The van der Waals surface area contributed by atoms with E-state index in [-0.39, 0.29) is 30.4 Å². The molecule has 0 aromatic heterocycles. The minimum Gasteiger partial charge on any atom is -0.370 e. The SMILES string of the molecule is CC1CCC(NC(=O)[C@@H](CCC(N)=O)NC(=O)c2ccc(F)cc2)CC1. The first-order chi connectivity index (χ1) is 12.3. The lowest BCUT2D eigenvalue weighted by molar-refractivity contribution is -0.124. The molecule has 7 heteroatoms. The maximum atomic E-state index is 13.0. The van der Waals surface area contributed by atoms with Gasteiger partial charge in [-0.3, -0.25) is 14.4 Å². The van der Waals surface area contributed by atoms with Gasteiger partial charge in [-0.2, -0.15) is 0 Å². The third-order valence-corrected chi connectivity index (χ3v) is 4.77. The van der Waals surface area contributed by atoms with Crippen molar-refractivity contribution in [2.45, 2.75) is 57.5 Å². The van der Waals surface area contributed by atoms with E-state index in [0.717, 1.165) is 25.7 Å². The number of halogens is 1. The Morgan fingerprint density at radius 3 is 2.35 bits per heavy atom. The van der Waals surface area contributed by atoms with Crippen molar-refractivity contribution in [3.05, 3.63) is 35.6 Å². The van der Waals surface area contributed by atoms with Gasteiger partial charge in [0.25, 0.3) is 5.91 Å². The highest BCUT2D eigenvalue weighted by molar-refractivity contribution is 5.97. The van der Waals surface area contributed by atoms with E-state index in [2.05, 4.69) is 17.6 Å². The van der Waals surface area contributed by atoms with E-state index in [0.29, 0.717) is 5.92 Å². The molecule has 0 heterocycles. The number of hydrogen-bond acceptors (Lipinski definition) is 3. The van der Waals surface area contributed by atoms with E-state index < -0.39 is 23.7 Å². The highest BCUT2D eigenvalue weighted by Gasteiger charge is 2.26. The smallest absolute Gasteiger partial charge is 0.251 e. The average Bonchev–Trinajstić information content (AvgIpc) is 2.60. The Morgan fingerprint density at radius 1 is 1.15 bits per heavy atom. The van der Waals surface area contributed by atoms with Gasteiger partial charge in [0.1, 0.15) is 11.9 Å². The number of rotatable bonds is 7. The summed E-state index contributed by atoms with van der Waals surface area (Å²) in [5.74, 6) is -1.14. The molecule has 1 aromatic rings. The largest absolute Gasteiger partial charge is 0.370 e. The molecule has 2 rings (SSSR count). The summed E-state index contributed by atoms with van der Waals surface area (Å²) in [6.45, 7) is 2.19. The van der Waals surface area contributed by atoms with E-state index >= 15 is 0 Å². The standard InChI is InChI=1S/C19H26FN3O3/c1-12-2-8-15(9-3-12)22-19(26)16(10-11-17(21)24)23-18(25)13-4-6-14(20)7-5-13/h4-7,12,15-16H,2-3,8-11H2,1H3,(H2,21,24)(H,22,26)(H,23,25)/t12?,15?,16-/m1/s1. The van der Waals surface area contributed by atoms with Crippen LogP contribution in [0.3, 0.4) is 0 Å². The van der Waals surface area contributed by atoms with Gasteiger partial charge in [-0.05, 0) is 62.3 Å². The van der Waals surface area contributed by atoms with Crippen molar-refractivity contribution in [3.63, 3.8) is 0 Å². The second kappa shape index (κ2) is 9.31. The number of benzene rings is 1. The molecule has 142 valence electrons. The van der Waals surface area contributed by atoms with Crippen LogP contribution in [0, 0.1) is 11.7 Å². The number of amides is 3. The molecule has 4 N–H and O–H groups in total. The topological polar surface area (TPSA) is 101 Å². The maximum Gasteiger partial charge on any atom is 0.251 e. The predicted molar refractivity (Wildman–Crippen MR) is 95.6 cm³/mol. The lowest BCUT2D eigenvalue weighted by Crippen LogP contribution is -2.50. The number of carbonyl (C=O) groups is 3. The van der Waals surface area contributed by atoms with Gasteiger partial charge in [0.15, 0.2) is 0 Å². The molecule has 0 aliphatic heterocycles. The normalized spacial score (nSPS) is 20.8. The van der Waals surface area contributed by atoms with E-state index in [9.17, 15) is 18.8 Å². The zero-order valence-corrected chi connectivity index (χ0v) is 15.0. The van der Waals surface area contributed by atoms with E-state index in [1.165, 1.54) is 24.3 Å². The Bertz CT molecular complexity index is 640. The van der Waals surface area contributed by atoms with Crippen LogP contribution in [0.25, 0.3) is 0 Å². The summed E-state index contributed by atoms with van der Waals surface area (Å²) < 4.78 is 13.0. The Hall–Kier alpha value is -2.44. The number of primary amides is 1. The van der Waals surface area contributed by atoms with Crippen molar-refractivity contribution in [2.75, 3.05) is 0 Å². The molecule has 1 fully saturated rings. The molecule has 0 spiro atoms. The molecule has 6 nitrogen and oxygen atoms in total. The lowest BCUT2D eigenvalue weighted by Gasteiger charge is -2.28. The fourth-order valence-electron chi connectivity index (χ4n) is 3.10. The van der Waals surface area contributed by atoms with Crippen LogP contribution in [0.2, 0.25) is 0 Å². The highest BCUT2D eigenvalue weighted by atomic mass is 19.1. The van der Waals surface area contributed by atoms with Crippen LogP contribution in [-0.4, -0.2) is 29.8 Å². The zero-order chi connectivity index (χ0) is 19.1. The first-order valence-electron chi connectivity index (χ1n) is 9.00. The fraction of sp³-hybridized carbons (Fsp3) is 0.526. The van der Waals surface area contributed by atoms with Crippen LogP contribution in [0.4, 0.5) is 4.39 Å². The van der Waals surface area contributed by atoms with Crippen LogP contribution in [0.15, 0.2) is 24.3 Å². The summed E-state index contributed by atoms with van der Waals surface area (Å²) >= 11 is 0. The third-order valence-electron chi connectivity index (χ3n) is 4.77. The summed E-state index contributed by atoms with van der Waals surface area (Å²) in [5.41, 5.74) is 5.42. The zero-order valence-electron chi connectivity index (χ0n) is 15.0. The molecule has 0 bridgehead atoms. The number of carbonyl (C=O) groups excluding carboxylic acids is 3. The van der Waals surface area contributed by atoms with Gasteiger partial charge in [-0.25, -0.2) is 4.39 Å². The average molecular weight is 363 g/mol. The van der Waals surface area contributed by atoms with Crippen molar-refractivity contribution >= 4 is 17.7 Å². The first-order valence-corrected chi connectivity index (χ1v) is 9.00. The summed E-state index contributed by atoms with van der Waals surface area (Å²) in [4.78, 5) is 36.0. The van der Waals surface area contributed by atoms with Gasteiger partial charge in [-0.15, -0.1) is 0 Å². The second-order valence-corrected chi connectivity index (χ2v) is 7.00. The van der Waals surface area contributed by atoms with Crippen molar-refractivity contribution in [2.24, 2.45) is 11.7 Å². The second-order valence-electron chi connectivity index (χ2n) is 7.00. The van der Waals surface area contributed by atoms with Crippen molar-refractivity contribution < 1.29 is 18.8 Å². The van der Waals surface area contributed by atoms with E-state index in [1.807, 2.05) is 0 Å². The fourth-order valence-corrected chi connectivity index (χ4v) is 3.10. The Labute approximate surface area is 152 Å². The summed E-state index contributed by atoms with van der Waals surface area (Å²) in [5, 5.41) is 5.59. The highest BCUT2D eigenvalue weighted by Crippen LogP contribution is 2.23. The minimum absolute atomic E-state index is 0.0104. The summed E-state index contributed by atoms with van der Waals surface area (Å²) in [7, 11) is 0. The molecule has 1 saturated carbocycles. The van der Waals surface area contributed by atoms with Crippen LogP contribution >= 0.6 is 0 Å². The Balaban J connectivity index is 1.99. The quantitative estimate of drug-likeness (QED) is 0.689. The minimum atomic E-state index is -0.862. The predicted octanol–water partition coefficient (Wildman–Crippen LogP) is 1.88. The number of hydrogen-bond donors (Lipinski definition) is 3. The van der Waals surface area contributed by atoms with Gasteiger partial charge in [0.2, 0.25) is 11.8 Å². The van der Waals surface area contributed by atoms with Gasteiger partial charge in [0, 0.05) is 18.0 Å². The van der Waals surface area contributed by atoms with Gasteiger partial charge >= 0.3 is 0 Å². The van der Waals surface area contributed by atoms with Crippen LogP contribution in [0.1, 0.15) is 55.8 Å². The van der Waals surface area contributed by atoms with Gasteiger partial charge < -0.3 is 16.4 Å². The number of nitrogens with two attached hydrogens (primary N) is 1. The van der Waals surface area contributed by atoms with Gasteiger partial charge in [0.05, 0.1) is 0 Å². The monoisotopic (exact) mass is 363 g/mol. The van der Waals surface area contributed by atoms with Crippen molar-refractivity contribution in [1.29, 1.82) is 0 Å². The molecule has 1 aromatic carbocycles. The maximum absolute atomic E-state index is 13.0. The first kappa shape index (κ1) is 19.9. The summed E-state index contributed by atoms with van der Waals surface area (Å²) in [6, 6.07) is 4.26. The van der Waals surface area contributed by atoms with Crippen LogP contribution in [0.5, 0.6) is 0 Å². The molecular formula is C19H26FN3O3. The molecule has 0 saturated heterocycles.